The van der Waals surface area contributed by atoms with Crippen molar-refractivity contribution in [2.75, 3.05) is 20.1 Å². The third kappa shape index (κ3) is 4.96. The van der Waals surface area contributed by atoms with E-state index in [9.17, 15) is 4.79 Å². The molecule has 0 amide bonds. The molecule has 0 aliphatic carbocycles. The first-order valence-corrected chi connectivity index (χ1v) is 8.30. The van der Waals surface area contributed by atoms with E-state index in [1.807, 2.05) is 0 Å². The second-order valence-electron chi connectivity index (χ2n) is 7.78. The Labute approximate surface area is 130 Å². The lowest BCUT2D eigenvalue weighted by Crippen LogP contribution is -2.62. The van der Waals surface area contributed by atoms with Gasteiger partial charge in [-0.15, -0.1) is 0 Å². The van der Waals surface area contributed by atoms with E-state index in [0.29, 0.717) is 12.6 Å². The number of likely N-dealkylation sites (tertiary alicyclic amines) is 1. The van der Waals surface area contributed by atoms with E-state index >= 15 is 0 Å². The van der Waals surface area contributed by atoms with Crippen LogP contribution < -0.4 is 0 Å². The van der Waals surface area contributed by atoms with Crippen LogP contribution in [0.4, 0.5) is 0 Å². The van der Waals surface area contributed by atoms with Crippen molar-refractivity contribution in [3.05, 3.63) is 0 Å². The van der Waals surface area contributed by atoms with E-state index in [4.69, 9.17) is 5.11 Å². The van der Waals surface area contributed by atoms with Gasteiger partial charge in [0.25, 0.3) is 0 Å². The predicted molar refractivity (Wildman–Crippen MR) is 87.7 cm³/mol. The summed E-state index contributed by atoms with van der Waals surface area (Å²) in [5, 5.41) is 9.00. The van der Waals surface area contributed by atoms with Gasteiger partial charge < -0.3 is 5.11 Å². The molecule has 1 fully saturated rings. The third-order valence-electron chi connectivity index (χ3n) is 5.21. The summed E-state index contributed by atoms with van der Waals surface area (Å²) in [5.41, 5.74) is 0.306. The molecule has 0 atom stereocenters. The molecule has 1 N–H and O–H groups in total. The zero-order valence-corrected chi connectivity index (χ0v) is 14.8. The molecule has 0 saturated carbocycles. The third-order valence-corrected chi connectivity index (χ3v) is 5.21. The number of nitrogens with zero attached hydrogens (tertiary/aromatic N) is 2. The van der Waals surface area contributed by atoms with E-state index in [2.05, 4.69) is 51.5 Å². The summed E-state index contributed by atoms with van der Waals surface area (Å²) < 4.78 is 0. The molecule has 0 unspecified atom stereocenters. The molecule has 4 heteroatoms. The molecule has 4 nitrogen and oxygen atoms in total. The average molecular weight is 298 g/mol. The van der Waals surface area contributed by atoms with Crippen molar-refractivity contribution in [1.29, 1.82) is 0 Å². The van der Waals surface area contributed by atoms with E-state index in [1.165, 1.54) is 0 Å². The minimum absolute atomic E-state index is 0.153. The van der Waals surface area contributed by atoms with Crippen molar-refractivity contribution >= 4 is 5.97 Å². The summed E-state index contributed by atoms with van der Waals surface area (Å²) in [7, 11) is 2.21. The number of hydrogen-bond acceptors (Lipinski definition) is 3. The number of rotatable bonds is 7. The maximum absolute atomic E-state index is 10.9. The summed E-state index contributed by atoms with van der Waals surface area (Å²) >= 11 is 0. The van der Waals surface area contributed by atoms with Gasteiger partial charge in [0, 0.05) is 23.7 Å². The van der Waals surface area contributed by atoms with E-state index in [0.717, 1.165) is 32.2 Å². The van der Waals surface area contributed by atoms with E-state index in [-0.39, 0.29) is 17.5 Å². The smallest absolute Gasteiger partial charge is 0.304 e. The average Bonchev–Trinajstić information content (AvgIpc) is 2.35. The Morgan fingerprint density at radius 3 is 2.14 bits per heavy atom. The van der Waals surface area contributed by atoms with Crippen LogP contribution in [0.1, 0.15) is 66.7 Å². The topological polar surface area (TPSA) is 43.8 Å². The van der Waals surface area contributed by atoms with Crippen LogP contribution in [0, 0.1) is 0 Å². The molecule has 124 valence electrons. The number of carboxylic acids is 1. The Bertz CT molecular complexity index is 335. The molecule has 1 saturated heterocycles. The molecule has 1 rings (SSSR count). The highest BCUT2D eigenvalue weighted by atomic mass is 16.4. The maximum atomic E-state index is 10.9. The molecule has 1 aliphatic rings. The fourth-order valence-corrected chi connectivity index (χ4v) is 3.65. The van der Waals surface area contributed by atoms with Gasteiger partial charge in [0.15, 0.2) is 0 Å². The lowest BCUT2D eigenvalue weighted by atomic mass is 9.77. The fraction of sp³-hybridized carbons (Fsp3) is 0.941. The normalized spacial score (nSPS) is 22.6. The molecule has 0 aromatic carbocycles. The van der Waals surface area contributed by atoms with Crippen molar-refractivity contribution in [2.24, 2.45) is 0 Å². The number of aliphatic carboxylic acids is 1. The van der Waals surface area contributed by atoms with Gasteiger partial charge in [0.05, 0.1) is 6.42 Å². The van der Waals surface area contributed by atoms with Crippen LogP contribution in [0.5, 0.6) is 0 Å². The molecule has 0 aromatic rings. The summed E-state index contributed by atoms with van der Waals surface area (Å²) in [4.78, 5) is 15.8. The lowest BCUT2D eigenvalue weighted by molar-refractivity contribution is -0.137. The van der Waals surface area contributed by atoms with Crippen molar-refractivity contribution in [3.63, 3.8) is 0 Å². The largest absolute Gasteiger partial charge is 0.481 e. The summed E-state index contributed by atoms with van der Waals surface area (Å²) in [6.45, 7) is 13.1. The highest BCUT2D eigenvalue weighted by molar-refractivity contribution is 5.66. The number of piperidine rings is 1. The highest BCUT2D eigenvalue weighted by Gasteiger charge is 2.44. The van der Waals surface area contributed by atoms with Gasteiger partial charge in [-0.25, -0.2) is 0 Å². The Kier molecular flexibility index (Phi) is 6.23. The van der Waals surface area contributed by atoms with Gasteiger partial charge in [0.1, 0.15) is 0 Å². The monoisotopic (exact) mass is 298 g/mol. The van der Waals surface area contributed by atoms with Gasteiger partial charge in [-0.1, -0.05) is 13.3 Å². The van der Waals surface area contributed by atoms with Gasteiger partial charge >= 0.3 is 5.97 Å². The van der Waals surface area contributed by atoms with E-state index < -0.39 is 5.97 Å². The van der Waals surface area contributed by atoms with E-state index in [1.54, 1.807) is 0 Å². The zero-order chi connectivity index (χ0) is 16.3. The Hall–Kier alpha value is -0.610. The molecular weight excluding hydrogens is 264 g/mol. The molecule has 0 aromatic heterocycles. The predicted octanol–water partition coefficient (Wildman–Crippen LogP) is 3.21. The number of carboxylic acid groups (broad SMARTS) is 1. The second-order valence-corrected chi connectivity index (χ2v) is 7.78. The van der Waals surface area contributed by atoms with Crippen LogP contribution in [0.2, 0.25) is 0 Å². The van der Waals surface area contributed by atoms with Gasteiger partial charge in [0.2, 0.25) is 0 Å². The number of hydrogen-bond donors (Lipinski definition) is 1. The minimum Gasteiger partial charge on any atom is -0.481 e. The van der Waals surface area contributed by atoms with Crippen molar-refractivity contribution in [2.45, 2.75) is 83.8 Å². The van der Waals surface area contributed by atoms with Crippen molar-refractivity contribution in [1.82, 2.24) is 9.80 Å². The molecule has 0 spiro atoms. The van der Waals surface area contributed by atoms with Crippen LogP contribution in [-0.2, 0) is 4.79 Å². The first-order valence-electron chi connectivity index (χ1n) is 8.30. The number of unbranched alkanes of at least 4 members (excludes halogenated alkanes) is 1. The second kappa shape index (κ2) is 7.10. The quantitative estimate of drug-likeness (QED) is 0.784. The van der Waals surface area contributed by atoms with Crippen molar-refractivity contribution in [3.8, 4) is 0 Å². The van der Waals surface area contributed by atoms with Gasteiger partial charge in [-0.3, -0.25) is 14.6 Å². The summed E-state index contributed by atoms with van der Waals surface area (Å²) in [6.07, 6.45) is 4.76. The molecule has 1 heterocycles. The first-order chi connectivity index (χ1) is 9.60. The standard InChI is InChI=1S/C17H34N2O2/c1-7-8-10-19(11-9-15(20)21)14-12-16(2,3)18(6)17(4,5)13-14/h14H,7-13H2,1-6H3,(H,20,21). The van der Waals surface area contributed by atoms with Crippen LogP contribution in [0.15, 0.2) is 0 Å². The lowest BCUT2D eigenvalue weighted by Gasteiger charge is -2.55. The molecular formula is C17H34N2O2. The minimum atomic E-state index is -0.692. The Morgan fingerprint density at radius 2 is 1.71 bits per heavy atom. The van der Waals surface area contributed by atoms with Crippen molar-refractivity contribution < 1.29 is 9.90 Å². The zero-order valence-electron chi connectivity index (χ0n) is 14.8. The Morgan fingerprint density at radius 1 is 1.19 bits per heavy atom. The van der Waals surface area contributed by atoms with Crippen LogP contribution in [0.3, 0.4) is 0 Å². The maximum Gasteiger partial charge on any atom is 0.304 e. The highest BCUT2D eigenvalue weighted by Crippen LogP contribution is 2.38. The number of carbonyl (C=O) groups is 1. The van der Waals surface area contributed by atoms with Gasteiger partial charge in [-0.2, -0.15) is 0 Å². The molecule has 1 aliphatic heterocycles. The fourth-order valence-electron chi connectivity index (χ4n) is 3.65. The molecule has 0 radical (unpaired) electrons. The molecule has 21 heavy (non-hydrogen) atoms. The van der Waals surface area contributed by atoms with Crippen LogP contribution in [0.25, 0.3) is 0 Å². The summed E-state index contributed by atoms with van der Waals surface area (Å²) in [6, 6.07) is 0.483. The molecule has 0 bridgehead atoms. The first kappa shape index (κ1) is 18.4. The van der Waals surface area contributed by atoms with Crippen LogP contribution in [-0.4, -0.2) is 58.1 Å². The summed E-state index contributed by atoms with van der Waals surface area (Å²) in [5.74, 6) is -0.692. The van der Waals surface area contributed by atoms with Gasteiger partial charge in [-0.05, 0) is 60.5 Å². The Balaban J connectivity index is 2.83. The SMILES string of the molecule is CCCCN(CCC(=O)O)C1CC(C)(C)N(C)C(C)(C)C1. The van der Waals surface area contributed by atoms with Crippen LogP contribution >= 0.6 is 0 Å².